The molecule has 3 N–H and O–H groups in total. The van der Waals surface area contributed by atoms with Crippen molar-refractivity contribution in [1.82, 2.24) is 40.7 Å². The number of nitrogens with one attached hydrogen (secondary N) is 2. The van der Waals surface area contributed by atoms with Gasteiger partial charge in [-0.25, -0.2) is 9.59 Å². The summed E-state index contributed by atoms with van der Waals surface area (Å²) in [6, 6.07) is 1.07. The number of carboxylic acid groups (broad SMARTS) is 1. The van der Waals surface area contributed by atoms with Gasteiger partial charge in [-0.15, -0.1) is 10.2 Å². The van der Waals surface area contributed by atoms with Gasteiger partial charge in [-0.05, 0) is 63.8 Å². The highest BCUT2D eigenvalue weighted by atomic mass is 16.6. The molecule has 1 aliphatic carbocycles. The van der Waals surface area contributed by atoms with Crippen molar-refractivity contribution in [3.05, 3.63) is 36.7 Å². The molecule has 5 atom stereocenters. The van der Waals surface area contributed by atoms with Gasteiger partial charge in [-0.3, -0.25) is 14.6 Å². The lowest BCUT2D eigenvalue weighted by atomic mass is 10.0. The molecule has 43 heavy (non-hydrogen) atoms. The van der Waals surface area contributed by atoms with Gasteiger partial charge in [-0.2, -0.15) is 4.80 Å². The average molecular weight is 595 g/mol. The smallest absolute Gasteiger partial charge is 0.408 e. The predicted octanol–water partition coefficient (Wildman–Crippen LogP) is 2.25. The van der Waals surface area contributed by atoms with Gasteiger partial charge in [0.1, 0.15) is 23.2 Å². The quantitative estimate of drug-likeness (QED) is 0.444. The van der Waals surface area contributed by atoms with Crippen LogP contribution in [0.3, 0.4) is 0 Å². The molecule has 2 aliphatic heterocycles. The molecule has 230 valence electrons. The monoisotopic (exact) mass is 594 g/mol. The molecule has 0 bridgehead atoms. The highest BCUT2D eigenvalue weighted by molar-refractivity contribution is 5.96. The van der Waals surface area contributed by atoms with Crippen molar-refractivity contribution >= 4 is 23.9 Å². The largest absolute Gasteiger partial charge is 0.479 e. The van der Waals surface area contributed by atoms with E-state index in [2.05, 4.69) is 31.0 Å². The molecule has 0 radical (unpaired) electrons. The first kappa shape index (κ1) is 30.1. The number of carboxylic acids is 1. The Kier molecular flexibility index (Phi) is 8.47. The molecular formula is C29H38N8O6. The SMILES string of the molecule is CC(C)(C)OC(=O)N[C@H]1CCCCC/C=C\[C@@H]2C[C@@]2(C(=O)O)NC(=O)[C@@H]2C[C@@H](n3nnc(-c4cccnc4)n3)CN2C1=O. The lowest BCUT2D eigenvalue weighted by Crippen LogP contribution is -2.56. The van der Waals surface area contributed by atoms with Crippen LogP contribution in [0.1, 0.15) is 71.8 Å². The Morgan fingerprint density at radius 1 is 1.21 bits per heavy atom. The third-order valence-corrected chi connectivity index (χ3v) is 8.00. The van der Waals surface area contributed by atoms with Crippen LogP contribution in [0.2, 0.25) is 0 Å². The second-order valence-electron chi connectivity index (χ2n) is 12.4. The number of alkyl carbamates (subject to hydrolysis) is 1. The summed E-state index contributed by atoms with van der Waals surface area (Å²) in [5, 5.41) is 28.3. The summed E-state index contributed by atoms with van der Waals surface area (Å²) < 4.78 is 5.43. The Labute approximate surface area is 249 Å². The first-order valence-electron chi connectivity index (χ1n) is 14.7. The number of hydrogen-bond acceptors (Lipinski definition) is 9. The van der Waals surface area contributed by atoms with Crippen molar-refractivity contribution in [2.24, 2.45) is 5.92 Å². The minimum Gasteiger partial charge on any atom is -0.479 e. The molecule has 2 aromatic rings. The number of aromatic nitrogens is 5. The van der Waals surface area contributed by atoms with E-state index in [1.54, 1.807) is 45.3 Å². The molecule has 0 aromatic carbocycles. The van der Waals surface area contributed by atoms with Crippen LogP contribution in [0.4, 0.5) is 4.79 Å². The second-order valence-corrected chi connectivity index (χ2v) is 12.4. The summed E-state index contributed by atoms with van der Waals surface area (Å²) in [6.07, 6.45) is 10.2. The Morgan fingerprint density at radius 2 is 2.02 bits per heavy atom. The Morgan fingerprint density at radius 3 is 2.74 bits per heavy atom. The van der Waals surface area contributed by atoms with E-state index in [0.717, 1.165) is 19.3 Å². The number of allylic oxidation sites excluding steroid dienone is 1. The van der Waals surface area contributed by atoms with Crippen LogP contribution in [0.5, 0.6) is 0 Å². The third kappa shape index (κ3) is 6.83. The Balaban J connectivity index is 1.44. The summed E-state index contributed by atoms with van der Waals surface area (Å²) in [5.74, 6) is -2.13. The van der Waals surface area contributed by atoms with Gasteiger partial charge in [0.2, 0.25) is 17.6 Å². The van der Waals surface area contributed by atoms with Crippen molar-refractivity contribution in [3.8, 4) is 11.4 Å². The topological polar surface area (TPSA) is 182 Å². The highest BCUT2D eigenvalue weighted by Crippen LogP contribution is 2.45. The Hall–Kier alpha value is -4.36. The van der Waals surface area contributed by atoms with E-state index in [4.69, 9.17) is 4.74 Å². The van der Waals surface area contributed by atoms with Gasteiger partial charge in [0.15, 0.2) is 0 Å². The zero-order valence-electron chi connectivity index (χ0n) is 24.6. The highest BCUT2D eigenvalue weighted by Gasteiger charge is 2.61. The van der Waals surface area contributed by atoms with E-state index in [1.165, 1.54) is 9.70 Å². The van der Waals surface area contributed by atoms with Gasteiger partial charge in [-0.1, -0.05) is 25.0 Å². The fraction of sp³-hybridized carbons (Fsp3) is 0.586. The summed E-state index contributed by atoms with van der Waals surface area (Å²) in [4.78, 5) is 59.8. The summed E-state index contributed by atoms with van der Waals surface area (Å²) in [6.45, 7) is 5.27. The van der Waals surface area contributed by atoms with Crippen molar-refractivity contribution in [2.45, 2.75) is 95.0 Å². The molecule has 1 saturated heterocycles. The molecular weight excluding hydrogens is 556 g/mol. The minimum atomic E-state index is -1.42. The van der Waals surface area contributed by atoms with Crippen LogP contribution in [-0.2, 0) is 19.1 Å². The number of ether oxygens (including phenoxy) is 1. The molecule has 2 aromatic heterocycles. The molecule has 1 saturated carbocycles. The number of rotatable bonds is 4. The number of aliphatic carboxylic acids is 1. The van der Waals surface area contributed by atoms with E-state index in [-0.39, 0.29) is 25.3 Å². The van der Waals surface area contributed by atoms with Crippen molar-refractivity contribution in [2.75, 3.05) is 6.54 Å². The molecule has 5 rings (SSSR count). The number of hydrogen-bond donors (Lipinski definition) is 3. The standard InChI is InChI=1S/C29H38N8O6/c1-28(2,3)43-27(42)31-21-12-8-6-4-5-7-11-19-15-29(19,26(40)41)32-24(38)22-14-20(17-36(22)25(21)39)37-34-23(33-35-37)18-10-9-13-30-16-18/h7,9-11,13,16,19-22H,4-6,8,12,14-15,17H2,1-3H3,(H,31,42)(H,32,38)(H,40,41)/b11-7-/t19-,20-,21+,22+,29-/m1/s1. The normalized spacial score (nSPS) is 28.9. The van der Waals surface area contributed by atoms with Crippen LogP contribution in [-0.4, -0.2) is 88.8 Å². The van der Waals surface area contributed by atoms with E-state index >= 15 is 0 Å². The minimum absolute atomic E-state index is 0.0651. The van der Waals surface area contributed by atoms with E-state index < -0.39 is 53.1 Å². The second kappa shape index (κ2) is 12.1. The zero-order chi connectivity index (χ0) is 30.8. The number of tetrazole rings is 1. The van der Waals surface area contributed by atoms with Gasteiger partial charge in [0.25, 0.3) is 0 Å². The molecule has 0 spiro atoms. The van der Waals surface area contributed by atoms with Crippen molar-refractivity contribution in [1.29, 1.82) is 0 Å². The summed E-state index contributed by atoms with van der Waals surface area (Å²) in [7, 11) is 0. The Bertz CT molecular complexity index is 1390. The van der Waals surface area contributed by atoms with Crippen LogP contribution in [0.25, 0.3) is 11.4 Å². The van der Waals surface area contributed by atoms with Crippen LogP contribution in [0, 0.1) is 5.92 Å². The fourth-order valence-corrected chi connectivity index (χ4v) is 5.69. The van der Waals surface area contributed by atoms with E-state index in [1.807, 2.05) is 12.2 Å². The molecule has 14 nitrogen and oxygen atoms in total. The van der Waals surface area contributed by atoms with Crippen molar-refractivity contribution in [3.63, 3.8) is 0 Å². The maximum absolute atomic E-state index is 14.1. The summed E-state index contributed by atoms with van der Waals surface area (Å²) >= 11 is 0. The average Bonchev–Trinajstić information content (AvgIpc) is 3.28. The molecule has 14 heteroatoms. The lowest BCUT2D eigenvalue weighted by molar-refractivity contribution is -0.145. The third-order valence-electron chi connectivity index (χ3n) is 8.00. The zero-order valence-corrected chi connectivity index (χ0v) is 24.6. The van der Waals surface area contributed by atoms with Crippen LogP contribution in [0.15, 0.2) is 36.7 Å². The molecule has 2 fully saturated rings. The summed E-state index contributed by atoms with van der Waals surface area (Å²) in [5.41, 5.74) is -1.53. The number of nitrogens with zero attached hydrogens (tertiary/aromatic N) is 6. The molecule has 3 amide bonds. The fourth-order valence-electron chi connectivity index (χ4n) is 5.69. The van der Waals surface area contributed by atoms with E-state index in [9.17, 15) is 24.3 Å². The van der Waals surface area contributed by atoms with Crippen molar-refractivity contribution < 1.29 is 29.0 Å². The number of amides is 3. The maximum Gasteiger partial charge on any atom is 0.408 e. The van der Waals surface area contributed by atoms with Gasteiger partial charge in [0, 0.05) is 36.8 Å². The number of carbonyl (C=O) groups excluding carboxylic acids is 3. The molecule has 3 aliphatic rings. The van der Waals surface area contributed by atoms with Gasteiger partial charge in [0.05, 0.1) is 6.04 Å². The number of carbonyl (C=O) groups is 4. The number of fused-ring (bicyclic) bond motifs is 2. The maximum atomic E-state index is 14.1. The van der Waals surface area contributed by atoms with Crippen LogP contribution >= 0.6 is 0 Å². The number of pyridine rings is 1. The first-order chi connectivity index (χ1) is 20.5. The van der Waals surface area contributed by atoms with Gasteiger partial charge < -0.3 is 25.4 Å². The molecule has 4 heterocycles. The van der Waals surface area contributed by atoms with E-state index in [0.29, 0.717) is 24.2 Å². The van der Waals surface area contributed by atoms with Crippen LogP contribution < -0.4 is 10.6 Å². The first-order valence-corrected chi connectivity index (χ1v) is 14.7. The van der Waals surface area contributed by atoms with Gasteiger partial charge >= 0.3 is 12.1 Å². The lowest BCUT2D eigenvalue weighted by Gasteiger charge is -2.30. The predicted molar refractivity (Wildman–Crippen MR) is 152 cm³/mol. The molecule has 0 unspecified atom stereocenters.